The van der Waals surface area contributed by atoms with Gasteiger partial charge in [-0.15, -0.1) is 0 Å². The van der Waals surface area contributed by atoms with Crippen molar-refractivity contribution < 1.29 is 0 Å². The van der Waals surface area contributed by atoms with Crippen LogP contribution in [0.25, 0.3) is 0 Å². The minimum Gasteiger partial charge on any atom is -0.328 e. The highest BCUT2D eigenvalue weighted by Crippen LogP contribution is 2.00. The van der Waals surface area contributed by atoms with E-state index in [1.807, 2.05) is 0 Å². The highest BCUT2D eigenvalue weighted by Gasteiger charge is 2.01. The number of nitrogens with zero attached hydrogens (tertiary/aromatic N) is 1. The molecule has 1 atom stereocenters. The highest BCUT2D eigenvalue weighted by atomic mass is 15.1. The Morgan fingerprint density at radius 1 is 1.17 bits per heavy atom. The van der Waals surface area contributed by atoms with Gasteiger partial charge in [0.15, 0.2) is 0 Å². The van der Waals surface area contributed by atoms with E-state index >= 15 is 0 Å². The first-order chi connectivity index (χ1) is 5.74. The third-order valence-electron chi connectivity index (χ3n) is 2.47. The van der Waals surface area contributed by atoms with Crippen LogP contribution in [0.2, 0.25) is 0 Å². The summed E-state index contributed by atoms with van der Waals surface area (Å²) in [6, 6.07) is 0.417. The molecule has 0 spiro atoms. The fourth-order valence-corrected chi connectivity index (χ4v) is 1.32. The molecule has 0 aromatic heterocycles. The fraction of sp³-hybridized carbons (Fsp3) is 1.00. The molecule has 0 aromatic rings. The summed E-state index contributed by atoms with van der Waals surface area (Å²) in [6.45, 7) is 10.1. The van der Waals surface area contributed by atoms with E-state index < -0.39 is 0 Å². The SMILES string of the molecule is CCC(N)CCCN(CC)CC. The molecule has 74 valence electrons. The third kappa shape index (κ3) is 5.56. The number of hydrogen-bond acceptors (Lipinski definition) is 2. The Labute approximate surface area is 77.1 Å². The lowest BCUT2D eigenvalue weighted by Crippen LogP contribution is -2.26. The van der Waals surface area contributed by atoms with Crippen LogP contribution in [-0.4, -0.2) is 30.6 Å². The lowest BCUT2D eigenvalue weighted by Gasteiger charge is -2.18. The Balaban J connectivity index is 3.28. The van der Waals surface area contributed by atoms with Crippen LogP contribution in [-0.2, 0) is 0 Å². The van der Waals surface area contributed by atoms with Crippen molar-refractivity contribution >= 4 is 0 Å². The molecule has 2 nitrogen and oxygen atoms in total. The molecule has 0 heterocycles. The van der Waals surface area contributed by atoms with Crippen molar-refractivity contribution in [2.75, 3.05) is 19.6 Å². The second kappa shape index (κ2) is 7.56. The zero-order chi connectivity index (χ0) is 9.40. The van der Waals surface area contributed by atoms with Crippen LogP contribution in [0.4, 0.5) is 0 Å². The normalized spacial score (nSPS) is 13.8. The van der Waals surface area contributed by atoms with Gasteiger partial charge in [0.05, 0.1) is 0 Å². The van der Waals surface area contributed by atoms with Gasteiger partial charge in [-0.25, -0.2) is 0 Å². The minimum absolute atomic E-state index is 0.417. The fourth-order valence-electron chi connectivity index (χ4n) is 1.32. The molecule has 0 saturated carbocycles. The molecule has 0 amide bonds. The molecule has 2 N–H and O–H groups in total. The van der Waals surface area contributed by atoms with Crippen LogP contribution in [0.15, 0.2) is 0 Å². The van der Waals surface area contributed by atoms with Gasteiger partial charge in [-0.1, -0.05) is 20.8 Å². The summed E-state index contributed by atoms with van der Waals surface area (Å²) >= 11 is 0. The average molecular weight is 172 g/mol. The molecule has 1 unspecified atom stereocenters. The average Bonchev–Trinajstić information content (AvgIpc) is 2.12. The van der Waals surface area contributed by atoms with Crippen LogP contribution < -0.4 is 5.73 Å². The lowest BCUT2D eigenvalue weighted by atomic mass is 10.1. The van der Waals surface area contributed by atoms with Crippen LogP contribution in [0, 0.1) is 0 Å². The molecule has 0 aliphatic heterocycles. The second-order valence-corrected chi connectivity index (χ2v) is 3.34. The van der Waals surface area contributed by atoms with Gasteiger partial charge < -0.3 is 10.6 Å². The molecular formula is C10H24N2. The molecule has 2 heteroatoms. The maximum atomic E-state index is 5.82. The maximum Gasteiger partial charge on any atom is 0.00366 e. The van der Waals surface area contributed by atoms with E-state index in [2.05, 4.69) is 25.7 Å². The van der Waals surface area contributed by atoms with Gasteiger partial charge in [-0.2, -0.15) is 0 Å². The van der Waals surface area contributed by atoms with E-state index in [-0.39, 0.29) is 0 Å². The molecule has 0 bridgehead atoms. The number of rotatable bonds is 7. The minimum atomic E-state index is 0.417. The molecule has 0 aliphatic rings. The van der Waals surface area contributed by atoms with Crippen molar-refractivity contribution in [1.29, 1.82) is 0 Å². The van der Waals surface area contributed by atoms with Crippen molar-refractivity contribution in [3.63, 3.8) is 0 Å². The largest absolute Gasteiger partial charge is 0.328 e. The van der Waals surface area contributed by atoms with Crippen LogP contribution in [0.3, 0.4) is 0 Å². The smallest absolute Gasteiger partial charge is 0.00366 e. The Bertz CT molecular complexity index is 89.8. The van der Waals surface area contributed by atoms with Gasteiger partial charge >= 0.3 is 0 Å². The predicted molar refractivity (Wildman–Crippen MR) is 55.3 cm³/mol. The van der Waals surface area contributed by atoms with Crippen LogP contribution in [0.1, 0.15) is 40.0 Å². The van der Waals surface area contributed by atoms with Gasteiger partial charge in [0.25, 0.3) is 0 Å². The molecule has 0 aromatic carbocycles. The molecular weight excluding hydrogens is 148 g/mol. The predicted octanol–water partition coefficient (Wildman–Crippen LogP) is 1.85. The van der Waals surface area contributed by atoms with Crippen LogP contribution >= 0.6 is 0 Å². The van der Waals surface area contributed by atoms with Gasteiger partial charge in [0.2, 0.25) is 0 Å². The Kier molecular flexibility index (Phi) is 7.51. The lowest BCUT2D eigenvalue weighted by molar-refractivity contribution is 0.292. The zero-order valence-electron chi connectivity index (χ0n) is 8.84. The van der Waals surface area contributed by atoms with Gasteiger partial charge in [0, 0.05) is 6.04 Å². The molecule has 0 radical (unpaired) electrons. The van der Waals surface area contributed by atoms with Gasteiger partial charge in [-0.3, -0.25) is 0 Å². The van der Waals surface area contributed by atoms with E-state index in [9.17, 15) is 0 Å². The Morgan fingerprint density at radius 3 is 2.17 bits per heavy atom. The summed E-state index contributed by atoms with van der Waals surface area (Å²) in [5.41, 5.74) is 5.82. The van der Waals surface area contributed by atoms with Crippen molar-refractivity contribution in [3.8, 4) is 0 Å². The first-order valence-electron chi connectivity index (χ1n) is 5.22. The summed E-state index contributed by atoms with van der Waals surface area (Å²) in [5.74, 6) is 0. The molecule has 0 rings (SSSR count). The quantitative estimate of drug-likeness (QED) is 0.635. The van der Waals surface area contributed by atoms with Crippen LogP contribution in [0.5, 0.6) is 0 Å². The number of nitrogens with two attached hydrogens (primary N) is 1. The number of hydrogen-bond donors (Lipinski definition) is 1. The Morgan fingerprint density at radius 2 is 1.75 bits per heavy atom. The topological polar surface area (TPSA) is 29.3 Å². The zero-order valence-corrected chi connectivity index (χ0v) is 8.84. The second-order valence-electron chi connectivity index (χ2n) is 3.34. The van der Waals surface area contributed by atoms with Crippen molar-refractivity contribution in [2.24, 2.45) is 5.73 Å². The standard InChI is InChI=1S/C10H24N2/c1-4-10(11)8-7-9-12(5-2)6-3/h10H,4-9,11H2,1-3H3. The summed E-state index contributed by atoms with van der Waals surface area (Å²) in [6.07, 6.45) is 3.53. The first-order valence-corrected chi connectivity index (χ1v) is 5.22. The first kappa shape index (κ1) is 11.9. The molecule has 0 fully saturated rings. The molecule has 0 aliphatic carbocycles. The van der Waals surface area contributed by atoms with E-state index in [4.69, 9.17) is 5.73 Å². The van der Waals surface area contributed by atoms with E-state index in [1.165, 1.54) is 19.4 Å². The van der Waals surface area contributed by atoms with Crippen molar-refractivity contribution in [2.45, 2.75) is 46.1 Å². The maximum absolute atomic E-state index is 5.82. The van der Waals surface area contributed by atoms with E-state index in [0.29, 0.717) is 6.04 Å². The van der Waals surface area contributed by atoms with E-state index in [1.54, 1.807) is 0 Å². The third-order valence-corrected chi connectivity index (χ3v) is 2.47. The molecule has 12 heavy (non-hydrogen) atoms. The van der Waals surface area contributed by atoms with Gasteiger partial charge in [-0.05, 0) is 38.9 Å². The summed E-state index contributed by atoms with van der Waals surface area (Å²) in [5, 5.41) is 0. The summed E-state index contributed by atoms with van der Waals surface area (Å²) < 4.78 is 0. The molecule has 0 saturated heterocycles. The summed E-state index contributed by atoms with van der Waals surface area (Å²) in [7, 11) is 0. The van der Waals surface area contributed by atoms with E-state index in [0.717, 1.165) is 19.5 Å². The summed E-state index contributed by atoms with van der Waals surface area (Å²) in [4.78, 5) is 2.45. The van der Waals surface area contributed by atoms with Crippen molar-refractivity contribution in [3.05, 3.63) is 0 Å². The highest BCUT2D eigenvalue weighted by molar-refractivity contribution is 4.60. The van der Waals surface area contributed by atoms with Crippen molar-refractivity contribution in [1.82, 2.24) is 4.90 Å². The van der Waals surface area contributed by atoms with Gasteiger partial charge in [0.1, 0.15) is 0 Å². The monoisotopic (exact) mass is 172 g/mol. The Hall–Kier alpha value is -0.0800.